The first kappa shape index (κ1) is 17.2. The molecule has 9 heteroatoms. The van der Waals surface area contributed by atoms with Gasteiger partial charge in [-0.15, -0.1) is 10.2 Å². The minimum Gasteiger partial charge on any atom is -0.338 e. The van der Waals surface area contributed by atoms with E-state index in [9.17, 15) is 9.59 Å². The van der Waals surface area contributed by atoms with Gasteiger partial charge in [-0.2, -0.15) is 0 Å². The molecule has 3 aromatic heterocycles. The summed E-state index contributed by atoms with van der Waals surface area (Å²) in [5.41, 5.74) is -0.178. The Morgan fingerprint density at radius 3 is 3.04 bits per heavy atom. The maximum absolute atomic E-state index is 12.8. The summed E-state index contributed by atoms with van der Waals surface area (Å²) in [5, 5.41) is 8.69. The molecular weight excluding hydrogens is 346 g/mol. The maximum Gasteiger partial charge on any atom is 0.260 e. The fourth-order valence-corrected chi connectivity index (χ4v) is 3.54. The number of likely N-dealkylation sites (tertiary alicyclic amines) is 1. The minimum atomic E-state index is -0.356. The largest absolute Gasteiger partial charge is 0.338 e. The molecule has 0 radical (unpaired) electrons. The molecule has 1 amide bonds. The Bertz CT molecular complexity index is 989. The van der Waals surface area contributed by atoms with Crippen molar-refractivity contribution >= 4 is 5.91 Å². The van der Waals surface area contributed by atoms with E-state index < -0.39 is 0 Å². The Balaban J connectivity index is 1.52. The van der Waals surface area contributed by atoms with Crippen LogP contribution in [0.5, 0.6) is 0 Å². The van der Waals surface area contributed by atoms with Crippen molar-refractivity contribution in [3.8, 4) is 0 Å². The highest BCUT2D eigenvalue weighted by Crippen LogP contribution is 2.26. The van der Waals surface area contributed by atoms with Crippen LogP contribution in [0.25, 0.3) is 0 Å². The van der Waals surface area contributed by atoms with Crippen LogP contribution in [-0.4, -0.2) is 53.2 Å². The van der Waals surface area contributed by atoms with E-state index in [1.165, 1.54) is 6.20 Å². The number of carbonyl (C=O) groups is 1. The van der Waals surface area contributed by atoms with E-state index in [-0.39, 0.29) is 22.9 Å². The number of H-pyrrole nitrogens is 1. The highest BCUT2D eigenvalue weighted by Gasteiger charge is 2.29. The lowest BCUT2D eigenvalue weighted by molar-refractivity contribution is 0.0701. The second-order valence-corrected chi connectivity index (χ2v) is 6.77. The van der Waals surface area contributed by atoms with Gasteiger partial charge in [-0.3, -0.25) is 9.59 Å². The van der Waals surface area contributed by atoms with Gasteiger partial charge in [-0.05, 0) is 25.0 Å². The van der Waals surface area contributed by atoms with Crippen molar-refractivity contribution < 1.29 is 4.79 Å². The molecule has 4 rings (SSSR count). The summed E-state index contributed by atoms with van der Waals surface area (Å²) in [6, 6.07) is 3.23. The second-order valence-electron chi connectivity index (χ2n) is 6.77. The summed E-state index contributed by atoms with van der Waals surface area (Å²) < 4.78 is 3.93. The molecule has 0 aliphatic carbocycles. The van der Waals surface area contributed by atoms with Crippen molar-refractivity contribution in [1.29, 1.82) is 0 Å². The van der Waals surface area contributed by atoms with Gasteiger partial charge in [0.1, 0.15) is 11.4 Å². The SMILES string of the molecule is Cn1c(Cn2ccnc2)nnc1[C@H]1CCCN(C(=O)c2ccc[nH]c2=O)C1. The van der Waals surface area contributed by atoms with Crippen LogP contribution >= 0.6 is 0 Å². The summed E-state index contributed by atoms with van der Waals surface area (Å²) in [7, 11) is 1.95. The van der Waals surface area contributed by atoms with Crippen molar-refractivity contribution in [3.05, 3.63) is 64.6 Å². The lowest BCUT2D eigenvalue weighted by atomic mass is 9.96. The number of pyridine rings is 1. The monoisotopic (exact) mass is 367 g/mol. The molecule has 1 atom stereocenters. The number of rotatable bonds is 4. The molecule has 4 heterocycles. The van der Waals surface area contributed by atoms with Gasteiger partial charge in [0.2, 0.25) is 0 Å². The van der Waals surface area contributed by atoms with Gasteiger partial charge >= 0.3 is 0 Å². The molecule has 140 valence electrons. The quantitative estimate of drug-likeness (QED) is 0.734. The predicted molar refractivity (Wildman–Crippen MR) is 97.3 cm³/mol. The summed E-state index contributed by atoms with van der Waals surface area (Å²) in [6.07, 6.45) is 8.68. The topological polar surface area (TPSA) is 102 Å². The van der Waals surface area contributed by atoms with Crippen LogP contribution in [0.4, 0.5) is 0 Å². The third-order valence-electron chi connectivity index (χ3n) is 5.00. The first-order valence-corrected chi connectivity index (χ1v) is 8.94. The Hall–Kier alpha value is -3.23. The maximum atomic E-state index is 12.8. The molecule has 3 aromatic rings. The van der Waals surface area contributed by atoms with E-state index >= 15 is 0 Å². The van der Waals surface area contributed by atoms with Gasteiger partial charge in [0.15, 0.2) is 5.82 Å². The van der Waals surface area contributed by atoms with Crippen LogP contribution in [0.2, 0.25) is 0 Å². The smallest absolute Gasteiger partial charge is 0.260 e. The Kier molecular flexibility index (Phi) is 4.57. The highest BCUT2D eigenvalue weighted by atomic mass is 16.2. The molecule has 0 unspecified atom stereocenters. The number of aromatic nitrogens is 6. The summed E-state index contributed by atoms with van der Waals surface area (Å²) >= 11 is 0. The van der Waals surface area contributed by atoms with E-state index in [1.54, 1.807) is 29.6 Å². The molecule has 0 saturated carbocycles. The molecular formula is C18H21N7O2. The lowest BCUT2D eigenvalue weighted by Gasteiger charge is -2.32. The van der Waals surface area contributed by atoms with Crippen molar-refractivity contribution in [1.82, 2.24) is 34.2 Å². The molecule has 1 N–H and O–H groups in total. The summed E-state index contributed by atoms with van der Waals surface area (Å²) in [4.78, 5) is 33.0. The van der Waals surface area contributed by atoms with E-state index in [0.717, 1.165) is 24.5 Å². The molecule has 1 saturated heterocycles. The standard InChI is InChI=1S/C18H21N7O2/c1-23-15(11-24-9-7-19-12-24)21-22-16(23)13-4-3-8-25(10-13)18(27)14-5-2-6-20-17(14)26/h2,5-7,9,12-13H,3-4,8,10-11H2,1H3,(H,20,26)/t13-/m0/s1. The number of nitrogens with one attached hydrogen (secondary N) is 1. The van der Waals surface area contributed by atoms with Crippen molar-refractivity contribution in [2.24, 2.45) is 7.05 Å². The fraction of sp³-hybridized carbons (Fsp3) is 0.389. The third kappa shape index (κ3) is 3.40. The van der Waals surface area contributed by atoms with Crippen molar-refractivity contribution in [2.45, 2.75) is 25.3 Å². The zero-order chi connectivity index (χ0) is 18.8. The van der Waals surface area contributed by atoms with Crippen LogP contribution in [0.1, 0.15) is 40.8 Å². The molecule has 0 aromatic carbocycles. The molecule has 9 nitrogen and oxygen atoms in total. The van der Waals surface area contributed by atoms with Crippen LogP contribution < -0.4 is 5.56 Å². The van der Waals surface area contributed by atoms with Crippen molar-refractivity contribution in [2.75, 3.05) is 13.1 Å². The van der Waals surface area contributed by atoms with Gasteiger partial charge in [-0.1, -0.05) is 0 Å². The van der Waals surface area contributed by atoms with Gasteiger partial charge in [-0.25, -0.2) is 4.98 Å². The molecule has 1 aliphatic rings. The molecule has 1 aliphatic heterocycles. The second kappa shape index (κ2) is 7.18. The normalized spacial score (nSPS) is 17.2. The van der Waals surface area contributed by atoms with Crippen molar-refractivity contribution in [3.63, 3.8) is 0 Å². The number of amides is 1. The van der Waals surface area contributed by atoms with Crippen LogP contribution in [0.3, 0.4) is 0 Å². The number of carbonyl (C=O) groups excluding carboxylic acids is 1. The van der Waals surface area contributed by atoms with Crippen LogP contribution in [0.15, 0.2) is 41.8 Å². The fourth-order valence-electron chi connectivity index (χ4n) is 3.54. The first-order chi connectivity index (χ1) is 13.1. The minimum absolute atomic E-state index is 0.0968. The number of aromatic amines is 1. The number of piperidine rings is 1. The number of hydrogen-bond donors (Lipinski definition) is 1. The third-order valence-corrected chi connectivity index (χ3v) is 5.00. The zero-order valence-corrected chi connectivity index (χ0v) is 15.1. The van der Waals surface area contributed by atoms with Gasteiger partial charge in [0.25, 0.3) is 11.5 Å². The molecule has 0 spiro atoms. The molecule has 27 heavy (non-hydrogen) atoms. The lowest BCUT2D eigenvalue weighted by Crippen LogP contribution is -2.41. The average Bonchev–Trinajstić information content (AvgIpc) is 3.32. The first-order valence-electron chi connectivity index (χ1n) is 8.94. The van der Waals surface area contributed by atoms with Gasteiger partial charge in [0.05, 0.1) is 12.9 Å². The van der Waals surface area contributed by atoms with Crippen LogP contribution in [0, 0.1) is 0 Å². The number of imidazole rings is 1. The number of hydrogen-bond acceptors (Lipinski definition) is 5. The zero-order valence-electron chi connectivity index (χ0n) is 15.1. The molecule has 1 fully saturated rings. The van der Waals surface area contributed by atoms with E-state index in [0.29, 0.717) is 19.6 Å². The Labute approximate surface area is 155 Å². The Morgan fingerprint density at radius 1 is 1.37 bits per heavy atom. The van der Waals surface area contributed by atoms with Gasteiger partial charge < -0.3 is 19.0 Å². The summed E-state index contributed by atoms with van der Waals surface area (Å²) in [6.45, 7) is 1.77. The van der Waals surface area contributed by atoms with E-state index in [4.69, 9.17) is 0 Å². The van der Waals surface area contributed by atoms with E-state index in [2.05, 4.69) is 20.2 Å². The summed E-state index contributed by atoms with van der Waals surface area (Å²) in [5.74, 6) is 1.57. The van der Waals surface area contributed by atoms with E-state index in [1.807, 2.05) is 22.4 Å². The number of nitrogens with zero attached hydrogens (tertiary/aromatic N) is 6. The highest BCUT2D eigenvalue weighted by molar-refractivity contribution is 5.93. The van der Waals surface area contributed by atoms with Gasteiger partial charge in [0, 0.05) is 44.6 Å². The molecule has 0 bridgehead atoms. The average molecular weight is 367 g/mol. The Morgan fingerprint density at radius 2 is 2.26 bits per heavy atom. The predicted octanol–water partition coefficient (Wildman–Crippen LogP) is 0.768. The van der Waals surface area contributed by atoms with Crippen LogP contribution in [-0.2, 0) is 13.6 Å².